The van der Waals surface area contributed by atoms with Crippen LogP contribution in [0.25, 0.3) is 11.0 Å². The molecule has 0 unspecified atom stereocenters. The van der Waals surface area contributed by atoms with E-state index in [9.17, 15) is 8.42 Å². The van der Waals surface area contributed by atoms with E-state index in [2.05, 4.69) is 37.2 Å². The second-order valence-corrected chi connectivity index (χ2v) is 12.0. The van der Waals surface area contributed by atoms with Gasteiger partial charge in [-0.05, 0) is 43.5 Å². The van der Waals surface area contributed by atoms with Crippen LogP contribution in [0.1, 0.15) is 43.0 Å². The predicted octanol–water partition coefficient (Wildman–Crippen LogP) is 4.39. The van der Waals surface area contributed by atoms with Crippen LogP contribution in [-0.4, -0.2) is 76.3 Å². The van der Waals surface area contributed by atoms with Crippen LogP contribution < -0.4 is 24.2 Å². The van der Waals surface area contributed by atoms with Gasteiger partial charge in [-0.2, -0.15) is 5.10 Å². The fourth-order valence-electron chi connectivity index (χ4n) is 5.21. The number of benzene rings is 2. The van der Waals surface area contributed by atoms with Crippen molar-refractivity contribution in [3.63, 3.8) is 0 Å². The Bertz CT molecular complexity index is 1670. The van der Waals surface area contributed by atoms with Crippen molar-refractivity contribution in [2.45, 2.75) is 36.6 Å². The first-order valence-corrected chi connectivity index (χ1v) is 15.2. The van der Waals surface area contributed by atoms with Gasteiger partial charge >= 0.3 is 0 Å². The molecule has 2 aliphatic rings. The van der Waals surface area contributed by atoms with Crippen molar-refractivity contribution in [3.8, 4) is 17.2 Å². The summed E-state index contributed by atoms with van der Waals surface area (Å²) in [6.45, 7) is 4.90. The first-order valence-electron chi connectivity index (χ1n) is 13.7. The van der Waals surface area contributed by atoms with Crippen LogP contribution >= 0.6 is 0 Å². The van der Waals surface area contributed by atoms with E-state index in [1.165, 1.54) is 21.3 Å². The average molecular weight is 599 g/mol. The third-order valence-electron chi connectivity index (χ3n) is 7.73. The van der Waals surface area contributed by atoms with Crippen molar-refractivity contribution < 1.29 is 31.9 Å². The Hall–Kier alpha value is -4.01. The normalized spacial score (nSPS) is 16.8. The fraction of sp³-hybridized carbons (Fsp3) is 0.429. The third kappa shape index (κ3) is 5.44. The van der Waals surface area contributed by atoms with Gasteiger partial charge in [0.05, 0.1) is 45.6 Å². The van der Waals surface area contributed by atoms with E-state index in [1.54, 1.807) is 24.3 Å². The lowest BCUT2D eigenvalue weighted by molar-refractivity contribution is 0.0198. The summed E-state index contributed by atoms with van der Waals surface area (Å²) in [5.74, 6) is 1.93. The summed E-state index contributed by atoms with van der Waals surface area (Å²) in [5, 5.41) is 15.0. The smallest absolute Gasteiger partial charge is 0.270 e. The Morgan fingerprint density at radius 2 is 1.69 bits per heavy atom. The molecule has 0 bridgehead atoms. The highest BCUT2D eigenvalue weighted by Crippen LogP contribution is 2.42. The highest BCUT2D eigenvalue weighted by atomic mass is 32.2. The van der Waals surface area contributed by atoms with Crippen LogP contribution in [0.15, 0.2) is 39.8 Å². The fourth-order valence-corrected chi connectivity index (χ4v) is 6.53. The minimum Gasteiger partial charge on any atom is -0.495 e. The standard InChI is InChI=1S/C28H34N6O7S/c1-16(34-7-9-40-10-8-34)18-11-24(38-3)27(25(12-18)39-4)42(35,36)33-28-19-13-23(37-2)21(14-22(19)41-32-28)29-26-15-20(30-31-26)17-5-6-17/h11-17H,5-10H2,1-4H3,(H,32,33)(H2,29,30,31)/t16-/m1/s1. The van der Waals surface area contributed by atoms with Crippen molar-refractivity contribution in [1.29, 1.82) is 0 Å². The molecule has 0 amide bonds. The van der Waals surface area contributed by atoms with Gasteiger partial charge in [0, 0.05) is 42.9 Å². The largest absolute Gasteiger partial charge is 0.495 e. The summed E-state index contributed by atoms with van der Waals surface area (Å²) in [5.41, 5.74) is 2.89. The summed E-state index contributed by atoms with van der Waals surface area (Å²) in [6.07, 6.45) is 2.31. The van der Waals surface area contributed by atoms with Gasteiger partial charge in [-0.3, -0.25) is 14.7 Å². The topological polar surface area (TPSA) is 153 Å². The Morgan fingerprint density at radius 3 is 2.33 bits per heavy atom. The zero-order valence-electron chi connectivity index (χ0n) is 23.9. The van der Waals surface area contributed by atoms with Gasteiger partial charge in [0.25, 0.3) is 10.0 Å². The van der Waals surface area contributed by atoms with Gasteiger partial charge in [0.15, 0.2) is 22.1 Å². The average Bonchev–Trinajstić information content (AvgIpc) is 3.65. The van der Waals surface area contributed by atoms with E-state index in [4.69, 9.17) is 23.5 Å². The monoisotopic (exact) mass is 598 g/mol. The first-order chi connectivity index (χ1) is 20.3. The van der Waals surface area contributed by atoms with Crippen molar-refractivity contribution in [1.82, 2.24) is 20.3 Å². The van der Waals surface area contributed by atoms with Gasteiger partial charge in [0.1, 0.15) is 17.2 Å². The van der Waals surface area contributed by atoms with Gasteiger partial charge in [-0.25, -0.2) is 8.42 Å². The minimum atomic E-state index is -4.23. The highest BCUT2D eigenvalue weighted by Gasteiger charge is 2.30. The molecule has 1 saturated heterocycles. The molecule has 1 aliphatic carbocycles. The maximum Gasteiger partial charge on any atom is 0.270 e. The summed E-state index contributed by atoms with van der Waals surface area (Å²) in [4.78, 5) is 2.12. The van der Waals surface area contributed by atoms with Crippen molar-refractivity contribution >= 4 is 38.3 Å². The maximum absolute atomic E-state index is 13.8. The van der Waals surface area contributed by atoms with Crippen molar-refractivity contribution in [2.75, 3.05) is 57.7 Å². The number of sulfonamides is 1. The van der Waals surface area contributed by atoms with Gasteiger partial charge < -0.3 is 28.8 Å². The molecule has 0 radical (unpaired) electrons. The van der Waals surface area contributed by atoms with Crippen LogP contribution in [0.4, 0.5) is 17.3 Å². The number of H-pyrrole nitrogens is 1. The third-order valence-corrected chi connectivity index (χ3v) is 9.13. The van der Waals surface area contributed by atoms with Crippen LogP contribution in [-0.2, 0) is 14.8 Å². The quantitative estimate of drug-likeness (QED) is 0.225. The van der Waals surface area contributed by atoms with E-state index < -0.39 is 10.0 Å². The molecule has 2 fully saturated rings. The predicted molar refractivity (Wildman–Crippen MR) is 156 cm³/mol. The maximum atomic E-state index is 13.8. The van der Waals surface area contributed by atoms with Crippen LogP contribution in [0.5, 0.6) is 17.2 Å². The lowest BCUT2D eigenvalue weighted by Crippen LogP contribution is -2.38. The Balaban J connectivity index is 1.30. The molecular weight excluding hydrogens is 564 g/mol. The van der Waals surface area contributed by atoms with E-state index in [0.717, 1.165) is 37.2 Å². The second-order valence-electron chi connectivity index (χ2n) is 10.4. The van der Waals surface area contributed by atoms with Crippen LogP contribution in [0, 0.1) is 0 Å². The summed E-state index contributed by atoms with van der Waals surface area (Å²) in [6, 6.07) is 8.76. The van der Waals surface area contributed by atoms with Gasteiger partial charge in [-0.15, -0.1) is 0 Å². The number of hydrogen-bond acceptors (Lipinski definition) is 11. The molecule has 0 spiro atoms. The Morgan fingerprint density at radius 1 is 1.00 bits per heavy atom. The number of rotatable bonds is 11. The number of fused-ring (bicyclic) bond motifs is 1. The van der Waals surface area contributed by atoms with E-state index in [1.807, 2.05) is 6.07 Å². The molecule has 1 aliphatic heterocycles. The number of nitrogens with zero attached hydrogens (tertiary/aromatic N) is 3. The van der Waals surface area contributed by atoms with Gasteiger partial charge in [0.2, 0.25) is 0 Å². The number of methoxy groups -OCH3 is 3. The lowest BCUT2D eigenvalue weighted by atomic mass is 10.1. The Labute approximate surface area is 243 Å². The molecule has 3 heterocycles. The molecule has 3 N–H and O–H groups in total. The lowest BCUT2D eigenvalue weighted by Gasteiger charge is -2.33. The molecule has 1 saturated carbocycles. The number of aromatic amines is 1. The number of ether oxygens (including phenoxy) is 4. The SMILES string of the molecule is COc1cc2c(NS(=O)(=O)c3c(OC)cc([C@@H](C)N4CCOCC4)cc3OC)noc2cc1Nc1cc(C2CC2)[nH]n1. The molecule has 6 rings (SSSR count). The van der Waals surface area contributed by atoms with E-state index in [-0.39, 0.29) is 28.3 Å². The number of anilines is 3. The van der Waals surface area contributed by atoms with E-state index >= 15 is 0 Å². The number of nitrogens with one attached hydrogen (secondary N) is 3. The number of hydrogen-bond donors (Lipinski definition) is 3. The molecule has 2 aromatic carbocycles. The zero-order chi connectivity index (χ0) is 29.4. The van der Waals surface area contributed by atoms with Gasteiger partial charge in [-0.1, -0.05) is 5.16 Å². The van der Waals surface area contributed by atoms with Crippen LogP contribution in [0.2, 0.25) is 0 Å². The van der Waals surface area contributed by atoms with Crippen molar-refractivity contribution in [2.24, 2.45) is 0 Å². The number of morpholine rings is 1. The molecule has 42 heavy (non-hydrogen) atoms. The molecule has 1 atom stereocenters. The molecule has 14 heteroatoms. The summed E-state index contributed by atoms with van der Waals surface area (Å²) < 4.78 is 57.8. The molecular formula is C28H34N6O7S. The van der Waals surface area contributed by atoms with Crippen LogP contribution in [0.3, 0.4) is 0 Å². The van der Waals surface area contributed by atoms with E-state index in [0.29, 0.717) is 47.4 Å². The zero-order valence-corrected chi connectivity index (χ0v) is 24.7. The van der Waals surface area contributed by atoms with Crippen molar-refractivity contribution in [3.05, 3.63) is 41.6 Å². The Kier molecular flexibility index (Phi) is 7.60. The molecule has 2 aromatic heterocycles. The molecule has 4 aromatic rings. The molecule has 13 nitrogen and oxygen atoms in total. The minimum absolute atomic E-state index is 0.000469. The second kappa shape index (κ2) is 11.3. The summed E-state index contributed by atoms with van der Waals surface area (Å²) in [7, 11) is 0.146. The number of aromatic nitrogens is 3. The highest BCUT2D eigenvalue weighted by molar-refractivity contribution is 7.93. The molecule has 224 valence electrons. The summed E-state index contributed by atoms with van der Waals surface area (Å²) >= 11 is 0. The first kappa shape index (κ1) is 28.1.